The van der Waals surface area contributed by atoms with E-state index < -0.39 is 6.10 Å². The Balaban J connectivity index is 3.43. The molecule has 0 aromatic carbocycles. The molecule has 354 valence electrons. The molecule has 0 aliphatic heterocycles. The third-order valence-corrected chi connectivity index (χ3v) is 11.5. The molecule has 4 nitrogen and oxygen atoms in total. The average molecular weight is 851 g/mol. The van der Waals surface area contributed by atoms with E-state index in [1.807, 2.05) is 0 Å². The van der Waals surface area contributed by atoms with Crippen LogP contribution in [0.5, 0.6) is 0 Å². The van der Waals surface area contributed by atoms with Gasteiger partial charge in [0.15, 0.2) is 0 Å². The molecule has 0 rings (SSSR count). The fourth-order valence-corrected chi connectivity index (χ4v) is 7.59. The van der Waals surface area contributed by atoms with Crippen LogP contribution < -0.4 is 0 Å². The number of rotatable bonds is 49. The fourth-order valence-electron chi connectivity index (χ4n) is 7.59. The van der Waals surface area contributed by atoms with E-state index in [0.717, 1.165) is 51.4 Å². The summed E-state index contributed by atoms with van der Waals surface area (Å²) in [5, 5.41) is 9.66. The van der Waals surface area contributed by atoms with E-state index in [1.165, 1.54) is 186 Å². The normalized spacial score (nSPS) is 12.9. The molecular weight excluding hydrogens is 749 g/mol. The molecule has 0 heterocycles. The van der Waals surface area contributed by atoms with Crippen molar-refractivity contribution in [3.8, 4) is 0 Å². The largest absolute Gasteiger partial charge is 0.457 e. The van der Waals surface area contributed by atoms with E-state index >= 15 is 0 Å². The molecule has 0 spiro atoms. The van der Waals surface area contributed by atoms with Crippen molar-refractivity contribution in [3.63, 3.8) is 0 Å². The third kappa shape index (κ3) is 52.1. The van der Waals surface area contributed by atoms with Gasteiger partial charge < -0.3 is 14.6 Å². The van der Waals surface area contributed by atoms with Gasteiger partial charge >= 0.3 is 5.97 Å². The first-order valence-corrected chi connectivity index (χ1v) is 26.5. The molecule has 0 bridgehead atoms. The summed E-state index contributed by atoms with van der Waals surface area (Å²) >= 11 is 0. The van der Waals surface area contributed by atoms with E-state index in [1.54, 1.807) is 0 Å². The first kappa shape index (κ1) is 58.8. The van der Waals surface area contributed by atoms with E-state index in [2.05, 4.69) is 86.8 Å². The number of ether oxygens (including phenoxy) is 2. The van der Waals surface area contributed by atoms with Gasteiger partial charge in [0.1, 0.15) is 6.10 Å². The predicted molar refractivity (Wildman–Crippen MR) is 269 cm³/mol. The zero-order valence-corrected chi connectivity index (χ0v) is 40.7. The van der Waals surface area contributed by atoms with Crippen molar-refractivity contribution < 1.29 is 19.4 Å². The summed E-state index contributed by atoms with van der Waals surface area (Å²) in [6.45, 7) is 5.25. The highest BCUT2D eigenvalue weighted by atomic mass is 16.6. The number of hydrogen-bond acceptors (Lipinski definition) is 4. The molecule has 0 aromatic heterocycles. The molecule has 1 atom stereocenters. The van der Waals surface area contributed by atoms with Crippen LogP contribution in [0.4, 0.5) is 0 Å². The van der Waals surface area contributed by atoms with Gasteiger partial charge in [0.25, 0.3) is 0 Å². The summed E-state index contributed by atoms with van der Waals surface area (Å²) in [5.74, 6) is -0.206. The highest BCUT2D eigenvalue weighted by molar-refractivity contribution is 5.69. The summed E-state index contributed by atoms with van der Waals surface area (Å²) in [7, 11) is 0. The predicted octanol–water partition coefficient (Wildman–Crippen LogP) is 18.1. The molecule has 4 heteroatoms. The maximum Gasteiger partial charge on any atom is 0.306 e. The Kier molecular flexibility index (Phi) is 52.0. The zero-order valence-electron chi connectivity index (χ0n) is 40.7. The van der Waals surface area contributed by atoms with Crippen LogP contribution in [0.1, 0.15) is 258 Å². The molecule has 0 saturated carbocycles. The van der Waals surface area contributed by atoms with Crippen molar-refractivity contribution in [1.82, 2.24) is 0 Å². The fraction of sp³-hybridized carbons (Fsp3) is 0.772. The van der Waals surface area contributed by atoms with Crippen LogP contribution >= 0.6 is 0 Å². The van der Waals surface area contributed by atoms with Crippen LogP contribution in [-0.4, -0.2) is 37.0 Å². The number of carbonyl (C=O) groups excluding carboxylic acids is 1. The molecule has 0 radical (unpaired) electrons. The van der Waals surface area contributed by atoms with Gasteiger partial charge in [-0.3, -0.25) is 4.79 Å². The van der Waals surface area contributed by atoms with Crippen molar-refractivity contribution in [2.24, 2.45) is 0 Å². The highest BCUT2D eigenvalue weighted by Crippen LogP contribution is 2.15. The van der Waals surface area contributed by atoms with Crippen molar-refractivity contribution in [2.45, 2.75) is 264 Å². The topological polar surface area (TPSA) is 55.8 Å². The SMILES string of the molecule is CC/C=C\C/C=C\C/C=C\C/C=C\C/C=C\CCCCCCCCCCCC(=O)OC(CO)COCCCCCCCCCCCCCC/C=C\CCCCCCCCCC. The Bertz CT molecular complexity index is 1040. The second kappa shape index (κ2) is 54.0. The molecule has 61 heavy (non-hydrogen) atoms. The van der Waals surface area contributed by atoms with Crippen molar-refractivity contribution in [1.29, 1.82) is 0 Å². The quantitative estimate of drug-likeness (QED) is 0.0376. The summed E-state index contributed by atoms with van der Waals surface area (Å²) in [6, 6.07) is 0. The van der Waals surface area contributed by atoms with Gasteiger partial charge in [-0.2, -0.15) is 0 Å². The van der Waals surface area contributed by atoms with E-state index in [9.17, 15) is 9.90 Å². The Morgan fingerprint density at radius 1 is 0.410 bits per heavy atom. The number of esters is 1. The van der Waals surface area contributed by atoms with Crippen LogP contribution in [0.25, 0.3) is 0 Å². The van der Waals surface area contributed by atoms with Gasteiger partial charge in [-0.05, 0) is 83.5 Å². The molecule has 0 amide bonds. The van der Waals surface area contributed by atoms with Crippen molar-refractivity contribution in [3.05, 3.63) is 72.9 Å². The first-order valence-electron chi connectivity index (χ1n) is 26.5. The minimum absolute atomic E-state index is 0.176. The van der Waals surface area contributed by atoms with E-state index in [-0.39, 0.29) is 12.6 Å². The lowest BCUT2D eigenvalue weighted by molar-refractivity contribution is -0.154. The summed E-state index contributed by atoms with van der Waals surface area (Å²) in [6.07, 6.45) is 74.3. The van der Waals surface area contributed by atoms with E-state index in [0.29, 0.717) is 19.6 Å². The molecule has 0 saturated heterocycles. The molecule has 1 unspecified atom stereocenters. The van der Waals surface area contributed by atoms with Crippen LogP contribution in [0.15, 0.2) is 72.9 Å². The Morgan fingerprint density at radius 3 is 1.13 bits per heavy atom. The molecule has 1 N–H and O–H groups in total. The Labute approximate surface area is 380 Å². The van der Waals surface area contributed by atoms with Gasteiger partial charge in [0, 0.05) is 13.0 Å². The maximum absolute atomic E-state index is 12.3. The average Bonchev–Trinajstić information content (AvgIpc) is 3.27. The Morgan fingerprint density at radius 2 is 0.738 bits per heavy atom. The van der Waals surface area contributed by atoms with E-state index in [4.69, 9.17) is 9.47 Å². The number of hydrogen-bond donors (Lipinski definition) is 1. The Hall–Kier alpha value is -2.17. The lowest BCUT2D eigenvalue weighted by Crippen LogP contribution is -2.27. The zero-order chi connectivity index (χ0) is 44.0. The van der Waals surface area contributed by atoms with Gasteiger partial charge in [0.05, 0.1) is 13.2 Å². The molecular formula is C57H102O4. The van der Waals surface area contributed by atoms with Gasteiger partial charge in [0.2, 0.25) is 0 Å². The van der Waals surface area contributed by atoms with Crippen LogP contribution in [-0.2, 0) is 14.3 Å². The summed E-state index contributed by atoms with van der Waals surface area (Å²) in [4.78, 5) is 12.3. The number of carbonyl (C=O) groups is 1. The smallest absolute Gasteiger partial charge is 0.306 e. The molecule has 0 aromatic rings. The third-order valence-electron chi connectivity index (χ3n) is 11.5. The lowest BCUT2D eigenvalue weighted by Gasteiger charge is -2.16. The second-order valence-electron chi connectivity index (χ2n) is 17.6. The lowest BCUT2D eigenvalue weighted by atomic mass is 10.0. The first-order chi connectivity index (χ1) is 30.2. The van der Waals surface area contributed by atoms with Gasteiger partial charge in [-0.25, -0.2) is 0 Å². The summed E-state index contributed by atoms with van der Waals surface area (Å²) < 4.78 is 11.2. The van der Waals surface area contributed by atoms with Crippen molar-refractivity contribution in [2.75, 3.05) is 19.8 Å². The van der Waals surface area contributed by atoms with Crippen LogP contribution in [0.3, 0.4) is 0 Å². The summed E-state index contributed by atoms with van der Waals surface area (Å²) in [5.41, 5.74) is 0. The minimum Gasteiger partial charge on any atom is -0.457 e. The number of aliphatic hydroxyl groups is 1. The second-order valence-corrected chi connectivity index (χ2v) is 17.6. The highest BCUT2D eigenvalue weighted by Gasteiger charge is 2.13. The molecule has 0 aliphatic rings. The van der Waals surface area contributed by atoms with Gasteiger partial charge in [-0.15, -0.1) is 0 Å². The van der Waals surface area contributed by atoms with Crippen LogP contribution in [0.2, 0.25) is 0 Å². The minimum atomic E-state index is -0.542. The van der Waals surface area contributed by atoms with Crippen LogP contribution in [0, 0.1) is 0 Å². The monoisotopic (exact) mass is 851 g/mol. The molecule has 0 aliphatic carbocycles. The number of allylic oxidation sites excluding steroid dienone is 12. The molecule has 0 fully saturated rings. The van der Waals surface area contributed by atoms with Crippen molar-refractivity contribution >= 4 is 5.97 Å². The number of aliphatic hydroxyl groups excluding tert-OH is 1. The maximum atomic E-state index is 12.3. The van der Waals surface area contributed by atoms with Gasteiger partial charge in [-0.1, -0.05) is 241 Å². The standard InChI is InChI=1S/C57H102O4/c1-3-5-7-9-11-13-15-17-19-21-23-25-27-29-30-32-34-36-38-40-42-44-46-48-50-52-57(59)61-56(54-58)55-60-53-51-49-47-45-43-41-39-37-35-33-31-28-26-24-22-20-18-16-14-12-10-8-6-4-2/h5,7,11,13,17,19,22-25,29-30,56,58H,3-4,6,8-10,12,14-16,18,20-21,26-28,31-55H2,1-2H3/b7-5-,13-11-,19-17-,24-22-,25-23-,30-29-. The number of unbranched alkanes of at least 4 members (excludes halogenated alkanes) is 29.